The van der Waals surface area contributed by atoms with Gasteiger partial charge in [-0.05, 0) is 47.9 Å². The van der Waals surface area contributed by atoms with Crippen LogP contribution in [0, 0.1) is 23.7 Å². The molecule has 0 radical (unpaired) electrons. The molecule has 47 heavy (non-hydrogen) atoms. The maximum atomic E-state index is 15.0. The molecule has 0 saturated heterocycles. The smallest absolute Gasteiger partial charge is 0.298 e. The standard InChI is InChI=1S/C35H34F6O6/c1-17(2)7-5-9-25(42)27-29(44)21-13-11-19(15-23(21)31(27)46)33(34(36,37)38,35(39,40)41)20-12-14-22-24(16-20)32(47)28(30(22)45)26(43)10-6-8-18(3)4/h11-18,27-28H,5-10H2,1-4H3. The summed E-state index contributed by atoms with van der Waals surface area (Å²) in [5.74, 6) is -9.22. The van der Waals surface area contributed by atoms with E-state index in [-0.39, 0.29) is 24.7 Å². The highest BCUT2D eigenvalue weighted by Crippen LogP contribution is 2.57. The molecule has 0 aliphatic heterocycles. The molecule has 6 nitrogen and oxygen atoms in total. The lowest BCUT2D eigenvalue weighted by Crippen LogP contribution is -2.55. The van der Waals surface area contributed by atoms with Crippen LogP contribution in [0.2, 0.25) is 0 Å². The van der Waals surface area contributed by atoms with Gasteiger partial charge in [-0.25, -0.2) is 0 Å². The van der Waals surface area contributed by atoms with Gasteiger partial charge in [0.25, 0.3) is 0 Å². The predicted octanol–water partition coefficient (Wildman–Crippen LogP) is 7.88. The summed E-state index contributed by atoms with van der Waals surface area (Å²) in [5, 5.41) is 0. The summed E-state index contributed by atoms with van der Waals surface area (Å²) in [6.07, 6.45) is -10.7. The van der Waals surface area contributed by atoms with Gasteiger partial charge in [0.2, 0.25) is 5.41 Å². The van der Waals surface area contributed by atoms with Crippen molar-refractivity contribution in [2.75, 3.05) is 0 Å². The van der Waals surface area contributed by atoms with Crippen molar-refractivity contribution in [3.05, 3.63) is 69.8 Å². The maximum absolute atomic E-state index is 15.0. The zero-order chi connectivity index (χ0) is 35.2. The number of Topliss-reactive ketones (excluding diaryl/α,β-unsaturated/α-hetero) is 6. The first-order valence-electron chi connectivity index (χ1n) is 15.4. The number of alkyl halides is 6. The van der Waals surface area contributed by atoms with Crippen molar-refractivity contribution in [1.29, 1.82) is 0 Å². The molecule has 0 N–H and O–H groups in total. The van der Waals surface area contributed by atoms with Crippen molar-refractivity contribution in [3.63, 3.8) is 0 Å². The van der Waals surface area contributed by atoms with Crippen LogP contribution in [-0.2, 0) is 15.0 Å². The average molecular weight is 665 g/mol. The fourth-order valence-electron chi connectivity index (χ4n) is 6.48. The largest absolute Gasteiger partial charge is 0.411 e. The van der Waals surface area contributed by atoms with Gasteiger partial charge in [-0.15, -0.1) is 0 Å². The van der Waals surface area contributed by atoms with Crippen LogP contribution in [0.3, 0.4) is 0 Å². The quantitative estimate of drug-likeness (QED) is 0.169. The third-order valence-electron chi connectivity index (χ3n) is 8.92. The lowest BCUT2D eigenvalue weighted by molar-refractivity contribution is -0.288. The molecule has 2 aromatic rings. The third-order valence-corrected chi connectivity index (χ3v) is 8.92. The van der Waals surface area contributed by atoms with E-state index >= 15 is 0 Å². The lowest BCUT2D eigenvalue weighted by atomic mass is 9.71. The normalized spacial score (nSPS) is 18.4. The van der Waals surface area contributed by atoms with Crippen LogP contribution in [0.5, 0.6) is 0 Å². The molecule has 0 spiro atoms. The second-order valence-electron chi connectivity index (χ2n) is 13.1. The molecule has 252 valence electrons. The Bertz CT molecular complexity index is 1530. The van der Waals surface area contributed by atoms with E-state index in [4.69, 9.17) is 0 Å². The highest BCUT2D eigenvalue weighted by molar-refractivity contribution is 6.36. The van der Waals surface area contributed by atoms with Gasteiger partial charge in [-0.1, -0.05) is 64.8 Å². The minimum Gasteiger partial charge on any atom is -0.298 e. The fraction of sp³-hybridized carbons (Fsp3) is 0.486. The van der Waals surface area contributed by atoms with Gasteiger partial charge in [0, 0.05) is 35.1 Å². The second kappa shape index (κ2) is 12.9. The van der Waals surface area contributed by atoms with Crippen LogP contribution >= 0.6 is 0 Å². The summed E-state index contributed by atoms with van der Waals surface area (Å²) < 4.78 is 89.9. The van der Waals surface area contributed by atoms with Crippen LogP contribution < -0.4 is 0 Å². The number of halogens is 6. The summed E-state index contributed by atoms with van der Waals surface area (Å²) in [7, 11) is 0. The third kappa shape index (κ3) is 6.23. The Morgan fingerprint density at radius 3 is 1.19 bits per heavy atom. The van der Waals surface area contributed by atoms with Crippen LogP contribution in [-0.4, -0.2) is 47.1 Å². The summed E-state index contributed by atoms with van der Waals surface area (Å²) in [5.41, 5.74) is -10.2. The molecule has 2 aliphatic rings. The van der Waals surface area contributed by atoms with Gasteiger partial charge < -0.3 is 0 Å². The van der Waals surface area contributed by atoms with Crippen LogP contribution in [0.15, 0.2) is 36.4 Å². The number of ketones is 6. The number of hydrogen-bond acceptors (Lipinski definition) is 6. The Balaban J connectivity index is 1.80. The van der Waals surface area contributed by atoms with E-state index in [0.29, 0.717) is 62.1 Å². The van der Waals surface area contributed by atoms with E-state index in [1.54, 1.807) is 0 Å². The molecule has 0 saturated carbocycles. The lowest BCUT2D eigenvalue weighted by Gasteiger charge is -2.38. The molecule has 12 heteroatoms. The van der Waals surface area contributed by atoms with Gasteiger partial charge in [0.15, 0.2) is 34.7 Å². The van der Waals surface area contributed by atoms with Gasteiger partial charge in [0.05, 0.1) is 0 Å². The van der Waals surface area contributed by atoms with Crippen molar-refractivity contribution >= 4 is 34.7 Å². The topological polar surface area (TPSA) is 102 Å². The molecule has 2 aromatic carbocycles. The SMILES string of the molecule is CC(C)CCCC(=O)C1C(=O)c2ccc(C(c3ccc4c(c3)C(=O)C(C(=O)CCCC(C)C)C4=O)(C(F)(F)F)C(F)(F)F)cc2C1=O. The summed E-state index contributed by atoms with van der Waals surface area (Å²) >= 11 is 0. The monoisotopic (exact) mass is 664 g/mol. The van der Waals surface area contributed by atoms with Crippen LogP contribution in [0.25, 0.3) is 0 Å². The molecule has 4 rings (SSSR count). The Morgan fingerprint density at radius 1 is 0.574 bits per heavy atom. The van der Waals surface area contributed by atoms with Crippen molar-refractivity contribution in [3.8, 4) is 0 Å². The second-order valence-corrected chi connectivity index (χ2v) is 13.1. The minimum atomic E-state index is -6.12. The van der Waals surface area contributed by atoms with Gasteiger partial charge in [0.1, 0.15) is 11.8 Å². The van der Waals surface area contributed by atoms with Gasteiger partial charge in [-0.3, -0.25) is 28.8 Å². The van der Waals surface area contributed by atoms with E-state index in [1.165, 1.54) is 0 Å². The van der Waals surface area contributed by atoms with Crippen molar-refractivity contribution in [1.82, 2.24) is 0 Å². The first-order valence-corrected chi connectivity index (χ1v) is 15.4. The highest BCUT2D eigenvalue weighted by Gasteiger charge is 2.73. The molecule has 2 aliphatic carbocycles. The van der Waals surface area contributed by atoms with E-state index < -0.39 is 97.7 Å². The predicted molar refractivity (Wildman–Crippen MR) is 157 cm³/mol. The Labute approximate surface area is 267 Å². The van der Waals surface area contributed by atoms with Crippen LogP contribution in [0.4, 0.5) is 26.3 Å². The van der Waals surface area contributed by atoms with Gasteiger partial charge >= 0.3 is 12.4 Å². The van der Waals surface area contributed by atoms with Crippen molar-refractivity contribution in [2.24, 2.45) is 23.7 Å². The number of hydrogen-bond donors (Lipinski definition) is 0. The number of benzene rings is 2. The number of rotatable bonds is 12. The molecule has 0 amide bonds. The Hall–Kier alpha value is -3.96. The van der Waals surface area contributed by atoms with E-state index in [0.717, 1.165) is 0 Å². The number of fused-ring (bicyclic) bond motifs is 2. The Kier molecular flexibility index (Phi) is 9.86. The molecular weight excluding hydrogens is 630 g/mol. The number of carbonyl (C=O) groups is 6. The van der Waals surface area contributed by atoms with E-state index in [2.05, 4.69) is 0 Å². The van der Waals surface area contributed by atoms with Crippen molar-refractivity contribution in [2.45, 2.75) is 84.0 Å². The molecular formula is C35H34F6O6. The van der Waals surface area contributed by atoms with E-state index in [9.17, 15) is 55.1 Å². The molecule has 0 bridgehead atoms. The molecule has 0 heterocycles. The first kappa shape index (κ1) is 35.9. The van der Waals surface area contributed by atoms with Gasteiger partial charge in [-0.2, -0.15) is 26.3 Å². The average Bonchev–Trinajstić information content (AvgIpc) is 3.34. The van der Waals surface area contributed by atoms with Crippen LogP contribution in [0.1, 0.15) is 119 Å². The van der Waals surface area contributed by atoms with E-state index in [1.807, 2.05) is 27.7 Å². The molecule has 0 fully saturated rings. The molecule has 2 atom stereocenters. The minimum absolute atomic E-state index is 0.167. The fourth-order valence-corrected chi connectivity index (χ4v) is 6.48. The maximum Gasteiger partial charge on any atom is 0.411 e. The first-order chi connectivity index (χ1) is 21.7. The molecule has 0 aromatic heterocycles. The van der Waals surface area contributed by atoms with Crippen molar-refractivity contribution < 1.29 is 55.1 Å². The summed E-state index contributed by atoms with van der Waals surface area (Å²) in [6.45, 7) is 7.57. The zero-order valence-electron chi connectivity index (χ0n) is 26.2. The summed E-state index contributed by atoms with van der Waals surface area (Å²) in [6, 6.07) is 2.87. The highest BCUT2D eigenvalue weighted by atomic mass is 19.4. The molecule has 2 unspecified atom stereocenters. The summed E-state index contributed by atoms with van der Waals surface area (Å²) in [4.78, 5) is 77.9. The Morgan fingerprint density at radius 2 is 0.894 bits per heavy atom. The zero-order valence-corrected chi connectivity index (χ0v) is 26.2. The number of carbonyl (C=O) groups excluding carboxylic acids is 6.